The molecule has 0 rings (SSSR count). The van der Waals surface area contributed by atoms with E-state index < -0.39 is 11.5 Å². The zero-order chi connectivity index (χ0) is 11.4. The molecule has 0 fully saturated rings. The summed E-state index contributed by atoms with van der Waals surface area (Å²) in [6.07, 6.45) is 2.85. The van der Waals surface area contributed by atoms with Crippen molar-refractivity contribution in [3.05, 3.63) is 24.8 Å². The van der Waals surface area contributed by atoms with E-state index in [0.29, 0.717) is 6.61 Å². The van der Waals surface area contributed by atoms with Crippen LogP contribution < -0.4 is 0 Å². The summed E-state index contributed by atoms with van der Waals surface area (Å²) in [5.41, 5.74) is -0.431. The molecule has 0 amide bonds. The van der Waals surface area contributed by atoms with E-state index in [1.165, 1.54) is 6.07 Å². The Morgan fingerprint density at radius 1 is 1.71 bits per heavy atom. The highest BCUT2D eigenvalue weighted by atomic mass is 16.5. The molecule has 0 atom stereocenters. The van der Waals surface area contributed by atoms with Gasteiger partial charge in [-0.25, -0.2) is 4.79 Å². The maximum atomic E-state index is 9.61. The van der Waals surface area contributed by atoms with E-state index in [1.54, 1.807) is 6.08 Å². The molecule has 0 unspecified atom stereocenters. The molecule has 0 aliphatic carbocycles. The Morgan fingerprint density at radius 3 is 2.50 bits per heavy atom. The topological polar surface area (TPSA) is 70.3 Å². The van der Waals surface area contributed by atoms with E-state index in [-0.39, 0.29) is 0 Å². The molecule has 0 aromatic rings. The molecule has 4 heteroatoms. The summed E-state index contributed by atoms with van der Waals surface area (Å²) < 4.78 is 5.01. The molecule has 0 aromatic heterocycles. The van der Waals surface area contributed by atoms with Crippen molar-refractivity contribution in [3.63, 3.8) is 0 Å². The summed E-state index contributed by atoms with van der Waals surface area (Å²) in [5.74, 6) is -1.26. The molecular formula is C10H15NO3. The average Bonchev–Trinajstić information content (AvgIpc) is 2.18. The van der Waals surface area contributed by atoms with Gasteiger partial charge in [0.2, 0.25) is 0 Å². The van der Waals surface area contributed by atoms with E-state index in [0.717, 1.165) is 13.0 Å². The number of nitrogens with zero attached hydrogens (tertiary/aromatic N) is 1. The van der Waals surface area contributed by atoms with Crippen LogP contribution >= 0.6 is 0 Å². The molecule has 0 aromatic carbocycles. The minimum atomic E-state index is -1.26. The normalized spacial score (nSPS) is 7.71. The Balaban J connectivity index is 0. The minimum absolute atomic E-state index is 0.431. The second-order valence-corrected chi connectivity index (χ2v) is 2.26. The first kappa shape index (κ1) is 14.9. The first-order valence-electron chi connectivity index (χ1n) is 4.11. The summed E-state index contributed by atoms with van der Waals surface area (Å²) in [4.78, 5) is 9.61. The largest absolute Gasteiger partial charge is 0.477 e. The lowest BCUT2D eigenvalue weighted by Crippen LogP contribution is -1.94. The lowest BCUT2D eigenvalue weighted by atomic mass is 10.4. The van der Waals surface area contributed by atoms with Gasteiger partial charge in [0.15, 0.2) is 0 Å². The first-order valence-corrected chi connectivity index (χ1v) is 4.11. The van der Waals surface area contributed by atoms with Crippen LogP contribution in [0.2, 0.25) is 0 Å². The summed E-state index contributed by atoms with van der Waals surface area (Å²) in [6.45, 7) is 10.0. The van der Waals surface area contributed by atoms with Crippen LogP contribution in [0.3, 0.4) is 0 Å². The van der Waals surface area contributed by atoms with E-state index in [4.69, 9.17) is 15.1 Å². The lowest BCUT2D eigenvalue weighted by molar-refractivity contribution is -0.132. The number of carbonyl (C=O) groups is 1. The molecule has 0 bridgehead atoms. The molecule has 0 saturated carbocycles. The van der Waals surface area contributed by atoms with Crippen molar-refractivity contribution in [2.45, 2.75) is 13.3 Å². The number of carboxylic acids is 1. The number of hydrogen-bond donors (Lipinski definition) is 1. The number of aliphatic carboxylic acids is 1. The van der Waals surface area contributed by atoms with Gasteiger partial charge in [0.05, 0.1) is 6.61 Å². The Kier molecular flexibility index (Phi) is 12.1. The van der Waals surface area contributed by atoms with Crippen molar-refractivity contribution in [2.24, 2.45) is 0 Å². The molecule has 1 N–H and O–H groups in total. The number of hydrogen-bond acceptors (Lipinski definition) is 3. The molecule has 14 heavy (non-hydrogen) atoms. The molecule has 78 valence electrons. The Hall–Kier alpha value is -1.60. The van der Waals surface area contributed by atoms with E-state index in [2.05, 4.69) is 20.1 Å². The van der Waals surface area contributed by atoms with Gasteiger partial charge in [0.1, 0.15) is 11.6 Å². The van der Waals surface area contributed by atoms with Crippen LogP contribution in [0.1, 0.15) is 13.3 Å². The molecule has 0 spiro atoms. The van der Waals surface area contributed by atoms with E-state index >= 15 is 0 Å². The predicted molar refractivity (Wildman–Crippen MR) is 53.7 cm³/mol. The van der Waals surface area contributed by atoms with E-state index in [1.807, 2.05) is 0 Å². The lowest BCUT2D eigenvalue weighted by Gasteiger charge is -1.92. The van der Waals surface area contributed by atoms with Crippen molar-refractivity contribution < 1.29 is 14.6 Å². The molecule has 0 radical (unpaired) electrons. The van der Waals surface area contributed by atoms with Crippen LogP contribution in [-0.2, 0) is 9.53 Å². The maximum Gasteiger partial charge on any atom is 0.345 e. The Morgan fingerprint density at radius 2 is 2.29 bits per heavy atom. The van der Waals surface area contributed by atoms with Crippen molar-refractivity contribution in [1.82, 2.24) is 0 Å². The minimum Gasteiger partial charge on any atom is -0.477 e. The van der Waals surface area contributed by atoms with Crippen LogP contribution in [0.15, 0.2) is 24.8 Å². The van der Waals surface area contributed by atoms with Gasteiger partial charge in [-0.3, -0.25) is 0 Å². The van der Waals surface area contributed by atoms with Crippen LogP contribution in [0.4, 0.5) is 0 Å². The van der Waals surface area contributed by atoms with E-state index in [9.17, 15) is 4.79 Å². The summed E-state index contributed by atoms with van der Waals surface area (Å²) in [6, 6.07) is 1.37. The summed E-state index contributed by atoms with van der Waals surface area (Å²) in [7, 11) is 0. The van der Waals surface area contributed by atoms with Gasteiger partial charge in [-0.05, 0) is 6.42 Å². The fraction of sp³-hybridized carbons (Fsp3) is 0.400. The van der Waals surface area contributed by atoms with Gasteiger partial charge < -0.3 is 9.84 Å². The molecule has 0 heterocycles. The monoisotopic (exact) mass is 197 g/mol. The van der Waals surface area contributed by atoms with Crippen LogP contribution in [0, 0.1) is 11.3 Å². The van der Waals surface area contributed by atoms with Crippen molar-refractivity contribution in [2.75, 3.05) is 13.2 Å². The Bertz CT molecular complexity index is 228. The summed E-state index contributed by atoms with van der Waals surface area (Å²) in [5, 5.41) is 15.6. The third-order valence-electron chi connectivity index (χ3n) is 0.977. The molecular weight excluding hydrogens is 182 g/mol. The SMILES string of the molecule is C=C(C#N)C(=O)O.C=CCOCCC. The summed E-state index contributed by atoms with van der Waals surface area (Å²) >= 11 is 0. The van der Waals surface area contributed by atoms with Crippen LogP contribution in [0.25, 0.3) is 0 Å². The van der Waals surface area contributed by atoms with Crippen molar-refractivity contribution >= 4 is 5.97 Å². The standard InChI is InChI=1S/C6H12O.C4H3NO2/c1-3-5-7-6-4-2;1-3(2-5)4(6)7/h3H,1,4-6H2,2H3;1H2,(H,6,7). The number of rotatable bonds is 5. The smallest absolute Gasteiger partial charge is 0.345 e. The zero-order valence-corrected chi connectivity index (χ0v) is 8.32. The first-order chi connectivity index (χ1) is 6.59. The Labute approximate surface area is 84.1 Å². The zero-order valence-electron chi connectivity index (χ0n) is 8.32. The molecule has 0 aliphatic heterocycles. The fourth-order valence-electron chi connectivity index (χ4n) is 0.359. The third kappa shape index (κ3) is 13.0. The van der Waals surface area contributed by atoms with Gasteiger partial charge >= 0.3 is 5.97 Å². The molecule has 4 nitrogen and oxygen atoms in total. The average molecular weight is 197 g/mol. The predicted octanol–water partition coefficient (Wildman–Crippen LogP) is 1.75. The van der Waals surface area contributed by atoms with Gasteiger partial charge in [0, 0.05) is 6.61 Å². The highest BCUT2D eigenvalue weighted by Crippen LogP contribution is 1.81. The van der Waals surface area contributed by atoms with Crippen molar-refractivity contribution in [3.8, 4) is 6.07 Å². The van der Waals surface area contributed by atoms with Gasteiger partial charge in [0.25, 0.3) is 0 Å². The van der Waals surface area contributed by atoms with Gasteiger partial charge in [-0.1, -0.05) is 19.6 Å². The number of carboxylic acid groups (broad SMARTS) is 1. The highest BCUT2D eigenvalue weighted by Gasteiger charge is 1.97. The second kappa shape index (κ2) is 11.4. The van der Waals surface area contributed by atoms with Crippen LogP contribution in [-0.4, -0.2) is 24.3 Å². The number of nitriles is 1. The van der Waals surface area contributed by atoms with Gasteiger partial charge in [-0.15, -0.1) is 6.58 Å². The van der Waals surface area contributed by atoms with Crippen LogP contribution in [0.5, 0.6) is 0 Å². The maximum absolute atomic E-state index is 9.61. The quantitative estimate of drug-likeness (QED) is 0.315. The van der Waals surface area contributed by atoms with Gasteiger partial charge in [-0.2, -0.15) is 5.26 Å². The second-order valence-electron chi connectivity index (χ2n) is 2.26. The number of ether oxygens (including phenoxy) is 1. The van der Waals surface area contributed by atoms with Crippen molar-refractivity contribution in [1.29, 1.82) is 5.26 Å². The fourth-order valence-corrected chi connectivity index (χ4v) is 0.359. The highest BCUT2D eigenvalue weighted by molar-refractivity contribution is 5.90. The molecule has 0 saturated heterocycles. The molecule has 0 aliphatic rings. The third-order valence-corrected chi connectivity index (χ3v) is 0.977.